The van der Waals surface area contributed by atoms with Gasteiger partial charge in [0.1, 0.15) is 0 Å². The van der Waals surface area contributed by atoms with Crippen molar-refractivity contribution < 1.29 is 4.79 Å². The lowest BCUT2D eigenvalue weighted by atomic mass is 10.00. The fourth-order valence-electron chi connectivity index (χ4n) is 2.60. The molecule has 0 radical (unpaired) electrons. The molecule has 1 aromatic carbocycles. The number of thiophene rings is 1. The highest BCUT2D eigenvalue weighted by atomic mass is 32.1. The summed E-state index contributed by atoms with van der Waals surface area (Å²) in [7, 11) is 0. The van der Waals surface area contributed by atoms with E-state index in [0.717, 1.165) is 23.3 Å². The highest BCUT2D eigenvalue weighted by Gasteiger charge is 2.19. The first-order chi connectivity index (χ1) is 9.15. The zero-order chi connectivity index (χ0) is 13.4. The molecule has 1 heterocycles. The third kappa shape index (κ3) is 2.37. The molecule has 0 saturated heterocycles. The highest BCUT2D eigenvalue weighted by Crippen LogP contribution is 2.31. The molecule has 0 aliphatic heterocycles. The maximum atomic E-state index is 12.4. The summed E-state index contributed by atoms with van der Waals surface area (Å²) in [6, 6.07) is 10.2. The van der Waals surface area contributed by atoms with Crippen molar-refractivity contribution >= 4 is 17.1 Å². The van der Waals surface area contributed by atoms with E-state index >= 15 is 0 Å². The van der Waals surface area contributed by atoms with Crippen LogP contribution < -0.4 is 0 Å². The van der Waals surface area contributed by atoms with Crippen molar-refractivity contribution in [2.45, 2.75) is 39.0 Å². The Morgan fingerprint density at radius 1 is 1.16 bits per heavy atom. The molecule has 98 valence electrons. The predicted octanol–water partition coefficient (Wildman–Crippen LogP) is 4.59. The van der Waals surface area contributed by atoms with Crippen LogP contribution in [0.5, 0.6) is 0 Å². The van der Waals surface area contributed by atoms with E-state index in [2.05, 4.69) is 32.0 Å². The molecule has 0 N–H and O–H groups in total. The zero-order valence-corrected chi connectivity index (χ0v) is 12.2. The molecule has 0 saturated carbocycles. The minimum absolute atomic E-state index is 0.176. The minimum atomic E-state index is 0.176. The van der Waals surface area contributed by atoms with Crippen molar-refractivity contribution in [3.63, 3.8) is 0 Å². The Labute approximate surface area is 118 Å². The van der Waals surface area contributed by atoms with Gasteiger partial charge in [-0.3, -0.25) is 4.79 Å². The summed E-state index contributed by atoms with van der Waals surface area (Å²) in [6.07, 6.45) is 3.55. The van der Waals surface area contributed by atoms with Gasteiger partial charge in [0.05, 0.1) is 4.88 Å². The first-order valence-electron chi connectivity index (χ1n) is 6.91. The second-order valence-electron chi connectivity index (χ2n) is 5.52. The van der Waals surface area contributed by atoms with Crippen molar-refractivity contribution in [3.05, 3.63) is 56.8 Å². The second kappa shape index (κ2) is 4.93. The zero-order valence-electron chi connectivity index (χ0n) is 11.4. The van der Waals surface area contributed by atoms with Crippen LogP contribution in [0.1, 0.15) is 57.4 Å². The molecule has 1 aliphatic rings. The van der Waals surface area contributed by atoms with Crippen molar-refractivity contribution in [2.75, 3.05) is 0 Å². The first-order valence-corrected chi connectivity index (χ1v) is 7.73. The maximum absolute atomic E-state index is 12.4. The fraction of sp³-hybridized carbons (Fsp3) is 0.353. The Bertz CT molecular complexity index is 583. The fourth-order valence-corrected chi connectivity index (χ4v) is 3.82. The number of carbonyl (C=O) groups excluding carboxylic acids is 1. The van der Waals surface area contributed by atoms with Gasteiger partial charge < -0.3 is 0 Å². The Balaban J connectivity index is 1.86. The van der Waals surface area contributed by atoms with Gasteiger partial charge >= 0.3 is 0 Å². The molecular formula is C17H18OS. The van der Waals surface area contributed by atoms with Crippen LogP contribution in [0.2, 0.25) is 0 Å². The van der Waals surface area contributed by atoms with E-state index in [4.69, 9.17) is 0 Å². The number of carbonyl (C=O) groups is 1. The van der Waals surface area contributed by atoms with Crippen molar-refractivity contribution in [1.29, 1.82) is 0 Å². The smallest absolute Gasteiger partial charge is 0.202 e. The number of rotatable bonds is 3. The van der Waals surface area contributed by atoms with Gasteiger partial charge in [-0.25, -0.2) is 0 Å². The Morgan fingerprint density at radius 2 is 1.89 bits per heavy atom. The summed E-state index contributed by atoms with van der Waals surface area (Å²) in [5.74, 6) is 0.685. The van der Waals surface area contributed by atoms with Gasteiger partial charge in [0.15, 0.2) is 0 Å². The van der Waals surface area contributed by atoms with E-state index in [1.807, 2.05) is 12.1 Å². The molecule has 19 heavy (non-hydrogen) atoms. The third-order valence-electron chi connectivity index (χ3n) is 3.81. The molecule has 2 heteroatoms. The quantitative estimate of drug-likeness (QED) is 0.745. The van der Waals surface area contributed by atoms with Crippen LogP contribution in [-0.2, 0) is 12.8 Å². The Hall–Kier alpha value is -1.41. The lowest BCUT2D eigenvalue weighted by molar-refractivity contribution is 0.104. The highest BCUT2D eigenvalue weighted by molar-refractivity contribution is 7.14. The number of hydrogen-bond donors (Lipinski definition) is 0. The van der Waals surface area contributed by atoms with E-state index < -0.39 is 0 Å². The van der Waals surface area contributed by atoms with Crippen LogP contribution in [0.15, 0.2) is 30.3 Å². The molecule has 1 nitrogen and oxygen atoms in total. The monoisotopic (exact) mass is 270 g/mol. The normalized spacial score (nSPS) is 13.8. The lowest BCUT2D eigenvalue weighted by Gasteiger charge is -2.05. The van der Waals surface area contributed by atoms with E-state index in [-0.39, 0.29) is 5.78 Å². The molecule has 3 rings (SSSR count). The van der Waals surface area contributed by atoms with Crippen LogP contribution in [0, 0.1) is 0 Å². The van der Waals surface area contributed by atoms with E-state index in [9.17, 15) is 4.79 Å². The van der Waals surface area contributed by atoms with Crippen LogP contribution in [0.3, 0.4) is 0 Å². The predicted molar refractivity (Wildman–Crippen MR) is 80.3 cm³/mol. The Morgan fingerprint density at radius 3 is 2.53 bits per heavy atom. The van der Waals surface area contributed by atoms with E-state index in [1.54, 1.807) is 11.3 Å². The summed E-state index contributed by atoms with van der Waals surface area (Å²) in [5, 5.41) is 0. The number of aryl methyl sites for hydroxylation is 2. The van der Waals surface area contributed by atoms with Gasteiger partial charge in [0, 0.05) is 10.4 Å². The second-order valence-corrected chi connectivity index (χ2v) is 6.66. The van der Waals surface area contributed by atoms with Crippen LogP contribution in [-0.4, -0.2) is 5.78 Å². The summed E-state index contributed by atoms with van der Waals surface area (Å²) < 4.78 is 0. The van der Waals surface area contributed by atoms with Gasteiger partial charge in [0.2, 0.25) is 5.78 Å². The topological polar surface area (TPSA) is 17.1 Å². The number of fused-ring (bicyclic) bond motifs is 1. The molecule has 2 aromatic rings. The summed E-state index contributed by atoms with van der Waals surface area (Å²) in [6.45, 7) is 4.33. The van der Waals surface area contributed by atoms with Crippen molar-refractivity contribution in [2.24, 2.45) is 0 Å². The molecular weight excluding hydrogens is 252 g/mol. The molecule has 0 fully saturated rings. The number of ketones is 1. The summed E-state index contributed by atoms with van der Waals surface area (Å²) in [4.78, 5) is 14.8. The SMILES string of the molecule is CC(C)c1ccc(C(=O)c2cc3c(s2)CCC3)cc1. The molecule has 1 aromatic heterocycles. The number of hydrogen-bond acceptors (Lipinski definition) is 2. The van der Waals surface area contributed by atoms with Gasteiger partial charge in [-0.1, -0.05) is 38.1 Å². The van der Waals surface area contributed by atoms with Crippen LogP contribution in [0.25, 0.3) is 0 Å². The van der Waals surface area contributed by atoms with E-state index in [0.29, 0.717) is 5.92 Å². The Kier molecular flexibility index (Phi) is 3.28. The van der Waals surface area contributed by atoms with Gasteiger partial charge in [-0.05, 0) is 42.4 Å². The summed E-state index contributed by atoms with van der Waals surface area (Å²) >= 11 is 1.69. The van der Waals surface area contributed by atoms with Gasteiger partial charge in [0.25, 0.3) is 0 Å². The maximum Gasteiger partial charge on any atom is 0.202 e. The molecule has 0 unspecified atom stereocenters. The molecule has 0 bridgehead atoms. The largest absolute Gasteiger partial charge is 0.288 e. The van der Waals surface area contributed by atoms with Gasteiger partial charge in [-0.2, -0.15) is 0 Å². The van der Waals surface area contributed by atoms with Crippen LogP contribution in [0.4, 0.5) is 0 Å². The average Bonchev–Trinajstić information content (AvgIpc) is 2.98. The summed E-state index contributed by atoms with van der Waals surface area (Å²) in [5.41, 5.74) is 3.49. The molecule has 1 aliphatic carbocycles. The molecule has 0 amide bonds. The standard InChI is InChI=1S/C17H18OS/c1-11(2)12-6-8-13(9-7-12)17(18)16-10-14-4-3-5-15(14)19-16/h6-11H,3-5H2,1-2H3. The number of benzene rings is 1. The van der Waals surface area contributed by atoms with Crippen molar-refractivity contribution in [1.82, 2.24) is 0 Å². The van der Waals surface area contributed by atoms with Crippen LogP contribution >= 0.6 is 11.3 Å². The lowest BCUT2D eigenvalue weighted by Crippen LogP contribution is -1.99. The molecule has 0 spiro atoms. The molecule has 0 atom stereocenters. The third-order valence-corrected chi connectivity index (χ3v) is 5.05. The van der Waals surface area contributed by atoms with Crippen molar-refractivity contribution in [3.8, 4) is 0 Å². The van der Waals surface area contributed by atoms with E-state index in [1.165, 1.54) is 22.4 Å². The minimum Gasteiger partial charge on any atom is -0.288 e. The van der Waals surface area contributed by atoms with Gasteiger partial charge in [-0.15, -0.1) is 11.3 Å². The average molecular weight is 270 g/mol. The first kappa shape index (κ1) is 12.6.